The molecule has 0 bridgehead atoms. The molecule has 7 heteroatoms. The molecule has 1 aromatic heterocycles. The Hall–Kier alpha value is -2.96. The maximum absolute atomic E-state index is 12.9. The van der Waals surface area contributed by atoms with E-state index in [1.807, 2.05) is 43.0 Å². The molecular formula is C19H21N5O2. The molecule has 0 spiro atoms. The highest BCUT2D eigenvalue weighted by Gasteiger charge is 2.38. The zero-order valence-electron chi connectivity index (χ0n) is 14.9. The number of amides is 2. The van der Waals surface area contributed by atoms with Gasteiger partial charge in [-0.05, 0) is 43.7 Å². The average Bonchev–Trinajstić information content (AvgIpc) is 2.90. The second kappa shape index (κ2) is 6.09. The zero-order chi connectivity index (χ0) is 18.3. The standard InChI is InChI=1S/C19H21N5O2/c1-19(2)14-6-5-13(12-15(14)21-18(19)26)17(25)24-10-8-23(9-11-24)16-4-3-7-20-22-16/h3-7,12H,8-11H2,1-2H3,(H,21,26). The van der Waals surface area contributed by atoms with Crippen LogP contribution in [0.15, 0.2) is 36.5 Å². The Labute approximate surface area is 152 Å². The maximum Gasteiger partial charge on any atom is 0.254 e. The molecule has 1 aromatic carbocycles. The number of nitrogens with one attached hydrogen (secondary N) is 1. The molecule has 0 atom stereocenters. The van der Waals surface area contributed by atoms with E-state index >= 15 is 0 Å². The molecule has 2 amide bonds. The van der Waals surface area contributed by atoms with Crippen LogP contribution in [0.2, 0.25) is 0 Å². The van der Waals surface area contributed by atoms with Crippen LogP contribution in [0.25, 0.3) is 0 Å². The van der Waals surface area contributed by atoms with Crippen LogP contribution >= 0.6 is 0 Å². The van der Waals surface area contributed by atoms with Crippen molar-refractivity contribution >= 4 is 23.3 Å². The number of benzene rings is 1. The molecular weight excluding hydrogens is 330 g/mol. The van der Waals surface area contributed by atoms with Crippen molar-refractivity contribution in [3.8, 4) is 0 Å². The van der Waals surface area contributed by atoms with Crippen molar-refractivity contribution in [2.45, 2.75) is 19.3 Å². The SMILES string of the molecule is CC1(C)C(=O)Nc2cc(C(=O)N3CCN(c4cccnn4)CC3)ccc21. The number of fused-ring (bicyclic) bond motifs is 1. The molecule has 134 valence electrons. The number of piperazine rings is 1. The first-order valence-electron chi connectivity index (χ1n) is 8.75. The van der Waals surface area contributed by atoms with Crippen LogP contribution in [0.5, 0.6) is 0 Å². The Bertz CT molecular complexity index is 857. The Morgan fingerprint density at radius 3 is 2.62 bits per heavy atom. The van der Waals surface area contributed by atoms with Gasteiger partial charge in [0.05, 0.1) is 5.41 Å². The quantitative estimate of drug-likeness (QED) is 0.890. The van der Waals surface area contributed by atoms with Gasteiger partial charge in [0.15, 0.2) is 5.82 Å². The largest absolute Gasteiger partial charge is 0.352 e. The number of anilines is 2. The fourth-order valence-electron chi connectivity index (χ4n) is 3.51. The lowest BCUT2D eigenvalue weighted by molar-refractivity contribution is -0.119. The van der Waals surface area contributed by atoms with Crippen LogP contribution in [0.3, 0.4) is 0 Å². The fourth-order valence-corrected chi connectivity index (χ4v) is 3.51. The van der Waals surface area contributed by atoms with Gasteiger partial charge < -0.3 is 15.1 Å². The Morgan fingerprint density at radius 2 is 1.92 bits per heavy atom. The van der Waals surface area contributed by atoms with Gasteiger partial charge in [0.2, 0.25) is 5.91 Å². The van der Waals surface area contributed by atoms with Gasteiger partial charge in [-0.3, -0.25) is 9.59 Å². The molecule has 0 unspecified atom stereocenters. The lowest BCUT2D eigenvalue weighted by Gasteiger charge is -2.35. The van der Waals surface area contributed by atoms with Crippen molar-refractivity contribution in [3.63, 3.8) is 0 Å². The summed E-state index contributed by atoms with van der Waals surface area (Å²) in [5, 5.41) is 10.9. The third kappa shape index (κ3) is 2.69. The number of hydrogen-bond donors (Lipinski definition) is 1. The van der Waals surface area contributed by atoms with Gasteiger partial charge in [-0.15, -0.1) is 5.10 Å². The normalized spacial score (nSPS) is 18.5. The second-order valence-corrected chi connectivity index (χ2v) is 7.20. The number of carbonyl (C=O) groups is 2. The third-order valence-electron chi connectivity index (χ3n) is 5.20. The van der Waals surface area contributed by atoms with Gasteiger partial charge >= 0.3 is 0 Å². The molecule has 2 aliphatic rings. The summed E-state index contributed by atoms with van der Waals surface area (Å²) >= 11 is 0. The van der Waals surface area contributed by atoms with Gasteiger partial charge in [0.1, 0.15) is 0 Å². The topological polar surface area (TPSA) is 78.4 Å². The summed E-state index contributed by atoms with van der Waals surface area (Å²) < 4.78 is 0. The molecule has 1 N–H and O–H groups in total. The minimum absolute atomic E-state index is 0.00875. The molecule has 4 rings (SSSR count). The summed E-state index contributed by atoms with van der Waals surface area (Å²) in [6, 6.07) is 9.28. The monoisotopic (exact) mass is 351 g/mol. The van der Waals surface area contributed by atoms with Crippen LogP contribution in [0, 0.1) is 0 Å². The third-order valence-corrected chi connectivity index (χ3v) is 5.20. The van der Waals surface area contributed by atoms with E-state index in [-0.39, 0.29) is 11.8 Å². The molecule has 0 aliphatic carbocycles. The van der Waals surface area contributed by atoms with Crippen molar-refractivity contribution in [1.29, 1.82) is 0 Å². The summed E-state index contributed by atoms with van der Waals surface area (Å²) in [6.45, 7) is 6.48. The minimum Gasteiger partial charge on any atom is -0.352 e. The summed E-state index contributed by atoms with van der Waals surface area (Å²) in [5.41, 5.74) is 1.73. The van der Waals surface area contributed by atoms with Crippen molar-refractivity contribution in [2.24, 2.45) is 0 Å². The smallest absolute Gasteiger partial charge is 0.254 e. The van der Waals surface area contributed by atoms with E-state index in [4.69, 9.17) is 0 Å². The number of hydrogen-bond acceptors (Lipinski definition) is 5. The van der Waals surface area contributed by atoms with E-state index in [0.29, 0.717) is 18.7 Å². The predicted octanol–water partition coefficient (Wildman–Crippen LogP) is 1.67. The molecule has 1 fully saturated rings. The van der Waals surface area contributed by atoms with Crippen LogP contribution in [0.4, 0.5) is 11.5 Å². The van der Waals surface area contributed by atoms with Gasteiger partial charge in [-0.25, -0.2) is 0 Å². The summed E-state index contributed by atoms with van der Waals surface area (Å²) in [4.78, 5) is 28.9. The Kier molecular flexibility index (Phi) is 3.86. The lowest BCUT2D eigenvalue weighted by Crippen LogP contribution is -2.49. The van der Waals surface area contributed by atoms with Crippen LogP contribution < -0.4 is 10.2 Å². The van der Waals surface area contributed by atoms with E-state index in [2.05, 4.69) is 20.4 Å². The maximum atomic E-state index is 12.9. The van der Waals surface area contributed by atoms with E-state index < -0.39 is 5.41 Å². The number of nitrogens with zero attached hydrogens (tertiary/aromatic N) is 4. The lowest BCUT2D eigenvalue weighted by atomic mass is 9.86. The van der Waals surface area contributed by atoms with Gasteiger partial charge in [0.25, 0.3) is 5.91 Å². The first kappa shape index (κ1) is 16.5. The van der Waals surface area contributed by atoms with E-state index in [0.717, 1.165) is 30.2 Å². The summed E-state index contributed by atoms with van der Waals surface area (Å²) in [6.07, 6.45) is 1.65. The number of rotatable bonds is 2. The Morgan fingerprint density at radius 1 is 1.15 bits per heavy atom. The molecule has 1 saturated heterocycles. The molecule has 0 radical (unpaired) electrons. The highest BCUT2D eigenvalue weighted by atomic mass is 16.2. The minimum atomic E-state index is -0.556. The first-order valence-corrected chi connectivity index (χ1v) is 8.75. The number of carbonyl (C=O) groups excluding carboxylic acids is 2. The van der Waals surface area contributed by atoms with E-state index in [1.54, 1.807) is 12.3 Å². The van der Waals surface area contributed by atoms with Crippen LogP contribution in [0.1, 0.15) is 29.8 Å². The average molecular weight is 351 g/mol. The van der Waals surface area contributed by atoms with Gasteiger partial charge in [-0.2, -0.15) is 5.10 Å². The number of aromatic nitrogens is 2. The van der Waals surface area contributed by atoms with Gasteiger partial charge in [0, 0.05) is 43.6 Å². The van der Waals surface area contributed by atoms with Crippen LogP contribution in [-0.4, -0.2) is 53.1 Å². The first-order chi connectivity index (χ1) is 12.5. The Balaban J connectivity index is 1.47. The second-order valence-electron chi connectivity index (χ2n) is 7.20. The molecule has 3 heterocycles. The van der Waals surface area contributed by atoms with Crippen molar-refractivity contribution in [2.75, 3.05) is 36.4 Å². The van der Waals surface area contributed by atoms with E-state index in [1.165, 1.54) is 0 Å². The van der Waals surface area contributed by atoms with Crippen LogP contribution in [-0.2, 0) is 10.2 Å². The van der Waals surface area contributed by atoms with E-state index in [9.17, 15) is 9.59 Å². The van der Waals surface area contributed by atoms with Gasteiger partial charge in [-0.1, -0.05) is 6.07 Å². The zero-order valence-corrected chi connectivity index (χ0v) is 14.9. The molecule has 0 saturated carbocycles. The summed E-state index contributed by atoms with van der Waals surface area (Å²) in [5.74, 6) is 0.794. The highest BCUT2D eigenvalue weighted by molar-refractivity contribution is 6.07. The molecule has 2 aliphatic heterocycles. The van der Waals surface area contributed by atoms with Crippen molar-refractivity contribution in [3.05, 3.63) is 47.7 Å². The molecule has 2 aromatic rings. The summed E-state index contributed by atoms with van der Waals surface area (Å²) in [7, 11) is 0. The van der Waals surface area contributed by atoms with Crippen molar-refractivity contribution in [1.82, 2.24) is 15.1 Å². The molecule has 26 heavy (non-hydrogen) atoms. The fraction of sp³-hybridized carbons (Fsp3) is 0.368. The predicted molar refractivity (Wildman–Crippen MR) is 98.2 cm³/mol. The molecule has 7 nitrogen and oxygen atoms in total. The highest BCUT2D eigenvalue weighted by Crippen LogP contribution is 2.37. The van der Waals surface area contributed by atoms with Crippen molar-refractivity contribution < 1.29 is 9.59 Å².